The van der Waals surface area contributed by atoms with Crippen LogP contribution in [0.2, 0.25) is 0 Å². The predicted octanol–water partition coefficient (Wildman–Crippen LogP) is 20.9. The van der Waals surface area contributed by atoms with Crippen LogP contribution in [0.15, 0.2) is 243 Å². The van der Waals surface area contributed by atoms with Crippen molar-refractivity contribution in [3.8, 4) is 89.0 Å². The molecule has 472 valence electrons. The fourth-order valence-electron chi connectivity index (χ4n) is 18.2. The third kappa shape index (κ3) is 7.36. The van der Waals surface area contributed by atoms with E-state index in [0.717, 1.165) is 200 Å². The molecule has 12 aromatic carbocycles. The summed E-state index contributed by atoms with van der Waals surface area (Å²) in [6.07, 6.45) is 0. The van der Waals surface area contributed by atoms with Crippen LogP contribution in [0.3, 0.4) is 0 Å². The van der Waals surface area contributed by atoms with Gasteiger partial charge >= 0.3 is 0 Å². The maximum absolute atomic E-state index is 12.8. The van der Waals surface area contributed by atoms with Gasteiger partial charge in [0.15, 0.2) is 0 Å². The zero-order chi connectivity index (χ0) is 66.8. The van der Waals surface area contributed by atoms with Crippen molar-refractivity contribution in [2.24, 2.45) is 0 Å². The number of nitro groups is 4. The molecule has 21 rings (SSSR count). The molecule has 16 heteroatoms. The quantitative estimate of drug-likeness (QED) is 0.0841. The summed E-state index contributed by atoms with van der Waals surface area (Å²) in [6, 6.07) is 78.4. The lowest BCUT2D eigenvalue weighted by Gasteiger charge is -2.23. The van der Waals surface area contributed by atoms with E-state index in [0.29, 0.717) is 0 Å². The van der Waals surface area contributed by atoms with Crippen LogP contribution in [0.25, 0.3) is 132 Å². The van der Waals surface area contributed by atoms with Crippen molar-refractivity contribution in [1.29, 1.82) is 0 Å². The van der Waals surface area contributed by atoms with E-state index in [9.17, 15) is 40.5 Å². The fraction of sp³-hybridized carbons (Fsp3) is 0.0476. The zero-order valence-electron chi connectivity index (χ0n) is 52.5. The topological polar surface area (TPSA) is 236 Å². The van der Waals surface area contributed by atoms with E-state index in [-0.39, 0.29) is 42.4 Å². The Bertz CT molecular complexity index is 5410. The summed E-state index contributed by atoms with van der Waals surface area (Å²) in [5, 5.41) is 59.6. The molecule has 0 saturated heterocycles. The van der Waals surface area contributed by atoms with E-state index >= 15 is 0 Å². The highest BCUT2D eigenvalue weighted by Gasteiger charge is 2.47. The molecule has 5 aliphatic carbocycles. The van der Waals surface area contributed by atoms with Gasteiger partial charge in [0.05, 0.1) is 43.4 Å². The number of non-ortho nitro benzene ring substituents is 4. The maximum Gasteiger partial charge on any atom is 0.269 e. The summed E-state index contributed by atoms with van der Waals surface area (Å²) >= 11 is 0. The molecule has 0 aliphatic heterocycles. The molecule has 0 radical (unpaired) electrons. The van der Waals surface area contributed by atoms with Gasteiger partial charge in [-0.15, -0.1) is 0 Å². The van der Waals surface area contributed by atoms with Crippen LogP contribution in [-0.2, 0) is 0 Å². The minimum absolute atomic E-state index is 0.0792. The Hall–Kier alpha value is -13.6. The van der Waals surface area contributed by atoms with Crippen LogP contribution in [0.5, 0.6) is 0 Å². The molecule has 5 aliphatic rings. The first kappa shape index (κ1) is 55.7. The Labute approximate surface area is 566 Å². The predicted molar refractivity (Wildman–Crippen MR) is 387 cm³/mol. The van der Waals surface area contributed by atoms with E-state index < -0.39 is 23.7 Å². The monoisotopic (exact) mass is 1300 g/mol. The standard InChI is InChI=1S/C84H48N8O8/c93-89(94)49-33-25-45(26-34-49)65-77-69-53-17-1-9-41-10-2-18-54(61(41)53)70(69)78(85-77)66(46-27-35-50(36-28-46)90(95)96)80-73-57-21-5-13-43-14-6-22-58(63(43)57)74(73)82(87-80)68(48-31-39-52(40-32-48)92(99)100)84-76-60-24-8-16-44-15-7-23-59(64(44)60)75(76)83(88-84)67(47-29-37-51(38-30-47)91(97)98)81-72-56-20-4-12-42-11-3-19-55(62(42)56)71(72)79(65)86-81/h1-40,65-68,85-88H. The highest BCUT2D eigenvalue weighted by molar-refractivity contribution is 6.22. The van der Waals surface area contributed by atoms with Crippen molar-refractivity contribution in [1.82, 2.24) is 19.9 Å². The summed E-state index contributed by atoms with van der Waals surface area (Å²) < 4.78 is 0. The van der Waals surface area contributed by atoms with Crippen LogP contribution in [0.4, 0.5) is 22.7 Å². The van der Waals surface area contributed by atoms with Crippen molar-refractivity contribution < 1.29 is 19.7 Å². The molecule has 4 aromatic heterocycles. The second kappa shape index (κ2) is 20.0. The lowest BCUT2D eigenvalue weighted by atomic mass is 9.83. The van der Waals surface area contributed by atoms with Gasteiger partial charge in [-0.05, 0) is 110 Å². The van der Waals surface area contributed by atoms with Crippen LogP contribution in [0.1, 0.15) is 91.5 Å². The molecule has 8 bridgehead atoms. The summed E-state index contributed by atoms with van der Waals surface area (Å²) in [5.74, 6) is -3.05. The Morgan fingerprint density at radius 2 is 0.360 bits per heavy atom. The van der Waals surface area contributed by atoms with E-state index in [1.54, 1.807) is 48.5 Å². The Morgan fingerprint density at radius 3 is 0.500 bits per heavy atom. The van der Waals surface area contributed by atoms with Crippen LogP contribution in [-0.4, -0.2) is 39.6 Å². The van der Waals surface area contributed by atoms with E-state index in [4.69, 9.17) is 0 Å². The molecule has 0 amide bonds. The number of aromatic amines is 4. The van der Waals surface area contributed by atoms with Gasteiger partial charge in [0.1, 0.15) is 0 Å². The molecule has 0 spiro atoms. The second-order valence-corrected chi connectivity index (χ2v) is 26.8. The first-order valence-corrected chi connectivity index (χ1v) is 33.1. The molecule has 0 saturated carbocycles. The number of nitro benzene ring substituents is 4. The lowest BCUT2D eigenvalue weighted by Crippen LogP contribution is -2.13. The van der Waals surface area contributed by atoms with Crippen molar-refractivity contribution in [3.05, 3.63) is 351 Å². The third-order valence-electron chi connectivity index (χ3n) is 22.1. The van der Waals surface area contributed by atoms with Gasteiger partial charge in [0.25, 0.3) is 22.7 Å². The van der Waals surface area contributed by atoms with Crippen LogP contribution in [0, 0.1) is 40.5 Å². The minimum atomic E-state index is -0.764. The Morgan fingerprint density at radius 1 is 0.210 bits per heavy atom. The number of nitrogens with one attached hydrogen (secondary N) is 4. The molecule has 100 heavy (non-hydrogen) atoms. The number of hydrogen-bond donors (Lipinski definition) is 4. The van der Waals surface area contributed by atoms with Crippen LogP contribution >= 0.6 is 0 Å². The lowest BCUT2D eigenvalue weighted by molar-refractivity contribution is -0.385. The second-order valence-electron chi connectivity index (χ2n) is 26.8. The maximum atomic E-state index is 12.8. The smallest absolute Gasteiger partial charge is 0.269 e. The van der Waals surface area contributed by atoms with E-state index in [1.165, 1.54) is 0 Å². The normalized spacial score (nSPS) is 15.9. The highest BCUT2D eigenvalue weighted by Crippen LogP contribution is 2.65. The van der Waals surface area contributed by atoms with Gasteiger partial charge in [-0.25, -0.2) is 0 Å². The van der Waals surface area contributed by atoms with Gasteiger partial charge in [-0.3, -0.25) is 40.5 Å². The third-order valence-corrected chi connectivity index (χ3v) is 22.1. The highest BCUT2D eigenvalue weighted by atomic mass is 16.6. The Kier molecular flexibility index (Phi) is 11.1. The molecule has 0 atom stereocenters. The van der Waals surface area contributed by atoms with Gasteiger partial charge in [0, 0.05) is 139 Å². The molecule has 4 N–H and O–H groups in total. The molecule has 0 unspecified atom stereocenters. The molecular formula is C84H48N8O8. The van der Waals surface area contributed by atoms with Gasteiger partial charge in [-0.1, -0.05) is 194 Å². The van der Waals surface area contributed by atoms with Crippen molar-refractivity contribution in [2.75, 3.05) is 0 Å². The largest absolute Gasteiger partial charge is 0.360 e. The number of H-pyrrole nitrogens is 4. The van der Waals surface area contributed by atoms with E-state index in [2.05, 4.69) is 166 Å². The van der Waals surface area contributed by atoms with Gasteiger partial charge < -0.3 is 19.9 Å². The number of hydrogen-bond acceptors (Lipinski definition) is 8. The summed E-state index contributed by atoms with van der Waals surface area (Å²) in [4.78, 5) is 67.0. The molecule has 0 fully saturated rings. The summed E-state index contributed by atoms with van der Waals surface area (Å²) in [5.41, 5.74) is 24.1. The Balaban J connectivity index is 1.00. The average Bonchev–Trinajstić information content (AvgIpc) is 1.52. The van der Waals surface area contributed by atoms with Crippen molar-refractivity contribution in [2.45, 2.75) is 23.7 Å². The minimum Gasteiger partial charge on any atom is -0.360 e. The summed E-state index contributed by atoms with van der Waals surface area (Å²) in [6.45, 7) is 0. The zero-order valence-corrected chi connectivity index (χ0v) is 52.5. The van der Waals surface area contributed by atoms with Gasteiger partial charge in [-0.2, -0.15) is 0 Å². The average molecular weight is 1300 g/mol. The molecule has 16 aromatic rings. The molecular weight excluding hydrogens is 1250 g/mol. The fourth-order valence-corrected chi connectivity index (χ4v) is 18.2. The number of benzene rings is 12. The van der Waals surface area contributed by atoms with Crippen LogP contribution < -0.4 is 0 Å². The number of aromatic nitrogens is 4. The van der Waals surface area contributed by atoms with E-state index in [1.807, 2.05) is 48.5 Å². The SMILES string of the molecule is O=[N+]([O-])c1ccc(C2c3[nH]c(c4c3-c3cccc5cccc-4c35)C(c3ccc([N+](=O)[O-])cc3)c3[nH]c(c4c3-c3cccc5cccc-4c35)C(c3ccc([N+](=O)[O-])cc3)c3[nH]c(c4c3-c3cccc5cccc-4c35)C(c3ccc([N+](=O)[O-])cc3)c3[nH]c2c2c3-c3cccc4cccc-2c34)cc1. The van der Waals surface area contributed by atoms with Crippen molar-refractivity contribution in [3.63, 3.8) is 0 Å². The van der Waals surface area contributed by atoms with Gasteiger partial charge in [0.2, 0.25) is 0 Å². The number of rotatable bonds is 8. The van der Waals surface area contributed by atoms with Crippen molar-refractivity contribution >= 4 is 65.8 Å². The molecule has 16 nitrogen and oxygen atoms in total. The molecule has 4 heterocycles. The summed E-state index contributed by atoms with van der Waals surface area (Å²) in [7, 11) is 0. The first-order valence-electron chi connectivity index (χ1n) is 33.1. The first-order chi connectivity index (χ1) is 48.9. The number of nitrogens with zero attached hydrogens (tertiary/aromatic N) is 4.